The average Bonchev–Trinajstić information content (AvgIpc) is 2.85. The zero-order valence-electron chi connectivity index (χ0n) is 10.3. The average molecular weight is 304 g/mol. The molecule has 2 heterocycles. The molecule has 0 spiro atoms. The van der Waals surface area contributed by atoms with Crippen LogP contribution < -0.4 is 9.60 Å². The van der Waals surface area contributed by atoms with E-state index < -0.39 is 14.9 Å². The summed E-state index contributed by atoms with van der Waals surface area (Å²) in [5.74, 6) is 0.858. The predicted octanol–water partition coefficient (Wildman–Crippen LogP) is -0.0428. The number of hydrogen-bond donors (Lipinski definition) is 2. The molecule has 2 aromatic heterocycles. The molecule has 0 saturated heterocycles. The van der Waals surface area contributed by atoms with Crippen molar-refractivity contribution in [1.82, 2.24) is 19.8 Å². The number of aryl methyl sites for hydroxylation is 2. The fourth-order valence-corrected chi connectivity index (χ4v) is 3.83. The van der Waals surface area contributed by atoms with Crippen LogP contribution >= 0.6 is 11.3 Å². The van der Waals surface area contributed by atoms with Crippen molar-refractivity contribution in [3.8, 4) is 0 Å². The molecule has 0 atom stereocenters. The molecule has 0 aliphatic rings. The lowest BCUT2D eigenvalue weighted by molar-refractivity contribution is 0.387. The van der Waals surface area contributed by atoms with Crippen LogP contribution in [0.4, 0.5) is 0 Å². The first-order valence-corrected chi connectivity index (χ1v) is 7.67. The molecule has 0 aromatic carbocycles. The molecule has 8 nitrogen and oxygen atoms in total. The van der Waals surface area contributed by atoms with Crippen LogP contribution in [0.25, 0.3) is 0 Å². The molecule has 10 heteroatoms. The summed E-state index contributed by atoms with van der Waals surface area (Å²) in [5.41, 5.74) is 0.331. The van der Waals surface area contributed by atoms with Crippen LogP contribution in [0.15, 0.2) is 13.5 Å². The summed E-state index contributed by atoms with van der Waals surface area (Å²) in [4.78, 5) is 17.1. The maximum Gasteiger partial charge on any atom is 0.305 e. The van der Waals surface area contributed by atoms with Crippen LogP contribution in [0.3, 0.4) is 0 Å². The van der Waals surface area contributed by atoms with Crippen molar-refractivity contribution in [3.63, 3.8) is 0 Å². The molecule has 0 aliphatic carbocycles. The number of nitrogens with zero attached hydrogens (tertiary/aromatic N) is 2. The van der Waals surface area contributed by atoms with E-state index >= 15 is 0 Å². The van der Waals surface area contributed by atoms with E-state index in [1.165, 1.54) is 6.92 Å². The van der Waals surface area contributed by atoms with E-state index in [2.05, 4.69) is 19.8 Å². The van der Waals surface area contributed by atoms with Gasteiger partial charge >= 0.3 is 4.87 Å². The van der Waals surface area contributed by atoms with Crippen LogP contribution in [0, 0.1) is 13.8 Å². The smallest absolute Gasteiger partial charge is 0.305 e. The number of sulfonamides is 1. The normalized spacial score (nSPS) is 11.9. The van der Waals surface area contributed by atoms with Gasteiger partial charge in [-0.3, -0.25) is 4.79 Å². The second-order valence-corrected chi connectivity index (χ2v) is 6.75. The number of nitrogens with one attached hydrogen (secondary N) is 2. The van der Waals surface area contributed by atoms with E-state index in [1.807, 2.05) is 0 Å². The largest absolute Gasteiger partial charge is 0.340 e. The first-order chi connectivity index (χ1) is 8.88. The Labute approximate surface area is 112 Å². The third-order valence-electron chi connectivity index (χ3n) is 2.24. The summed E-state index contributed by atoms with van der Waals surface area (Å²) < 4.78 is 31.0. The second-order valence-electron chi connectivity index (χ2n) is 3.80. The third kappa shape index (κ3) is 3.28. The zero-order chi connectivity index (χ0) is 14.0. The van der Waals surface area contributed by atoms with E-state index in [0.717, 1.165) is 0 Å². The minimum Gasteiger partial charge on any atom is -0.340 e. The lowest BCUT2D eigenvalue weighted by Crippen LogP contribution is -2.26. The topological polar surface area (TPSA) is 118 Å². The standard InChI is InChI=1S/C9H12N4O4S2/c1-5-8(18-9(14)11-5)19(15,16)10-4-3-7-12-6(2)17-13-7/h10H,3-4H2,1-2H3,(H,11,14). The fourth-order valence-electron chi connectivity index (χ4n) is 1.45. The highest BCUT2D eigenvalue weighted by Crippen LogP contribution is 2.15. The number of hydrogen-bond acceptors (Lipinski definition) is 7. The van der Waals surface area contributed by atoms with Crippen molar-refractivity contribution in [1.29, 1.82) is 0 Å². The summed E-state index contributed by atoms with van der Waals surface area (Å²) in [6.45, 7) is 3.32. The van der Waals surface area contributed by atoms with Gasteiger partial charge in [-0.05, 0) is 6.92 Å². The summed E-state index contributed by atoms with van der Waals surface area (Å²) in [5, 5.41) is 3.66. The van der Waals surface area contributed by atoms with Crippen molar-refractivity contribution in [2.45, 2.75) is 24.5 Å². The first kappa shape index (κ1) is 13.9. The van der Waals surface area contributed by atoms with Gasteiger partial charge in [0.05, 0.1) is 0 Å². The molecule has 0 fully saturated rings. The van der Waals surface area contributed by atoms with E-state index in [4.69, 9.17) is 4.52 Å². The molecule has 0 aliphatic heterocycles. The van der Waals surface area contributed by atoms with Gasteiger partial charge in [-0.1, -0.05) is 16.5 Å². The summed E-state index contributed by atoms with van der Waals surface area (Å²) in [6.07, 6.45) is 0.314. The highest BCUT2D eigenvalue weighted by Gasteiger charge is 2.20. The number of H-pyrrole nitrogens is 1. The molecular formula is C9H12N4O4S2. The van der Waals surface area contributed by atoms with Crippen molar-refractivity contribution in [2.75, 3.05) is 6.54 Å². The number of aromatic nitrogens is 3. The van der Waals surface area contributed by atoms with Crippen LogP contribution in [0.5, 0.6) is 0 Å². The number of aromatic amines is 1. The van der Waals surface area contributed by atoms with E-state index in [-0.39, 0.29) is 10.8 Å². The SMILES string of the molecule is Cc1nc(CCNS(=O)(=O)c2sc(=O)[nH]c2C)no1. The van der Waals surface area contributed by atoms with E-state index in [9.17, 15) is 13.2 Å². The lowest BCUT2D eigenvalue weighted by atomic mass is 10.4. The maximum atomic E-state index is 11.9. The Morgan fingerprint density at radius 3 is 2.68 bits per heavy atom. The molecule has 2 rings (SSSR count). The number of thiazole rings is 1. The van der Waals surface area contributed by atoms with Gasteiger partial charge in [0.1, 0.15) is 0 Å². The van der Waals surface area contributed by atoms with E-state index in [1.54, 1.807) is 6.92 Å². The molecule has 2 N–H and O–H groups in total. The third-order valence-corrected chi connectivity index (χ3v) is 5.30. The zero-order valence-corrected chi connectivity index (χ0v) is 11.9. The van der Waals surface area contributed by atoms with Crippen molar-refractivity contribution >= 4 is 21.4 Å². The van der Waals surface area contributed by atoms with Crippen molar-refractivity contribution < 1.29 is 12.9 Å². The Balaban J connectivity index is 2.02. The molecule has 0 saturated carbocycles. The minimum absolute atomic E-state index is 0.00166. The van der Waals surface area contributed by atoms with Crippen molar-refractivity contribution in [3.05, 3.63) is 27.1 Å². The molecular weight excluding hydrogens is 292 g/mol. The van der Waals surface area contributed by atoms with Gasteiger partial charge in [-0.25, -0.2) is 13.1 Å². The van der Waals surface area contributed by atoms with Crippen molar-refractivity contribution in [2.24, 2.45) is 0 Å². The molecule has 104 valence electrons. The Bertz CT molecular complexity index is 727. The van der Waals surface area contributed by atoms with Gasteiger partial charge in [-0.15, -0.1) is 0 Å². The van der Waals surface area contributed by atoms with E-state index in [0.29, 0.717) is 35.2 Å². The maximum absolute atomic E-state index is 11.9. The second kappa shape index (κ2) is 5.23. The fraction of sp³-hybridized carbons (Fsp3) is 0.444. The molecule has 19 heavy (non-hydrogen) atoms. The van der Waals surface area contributed by atoms with Crippen LogP contribution in [0.2, 0.25) is 0 Å². The van der Waals surface area contributed by atoms with Gasteiger partial charge < -0.3 is 9.51 Å². The molecule has 0 unspecified atom stereocenters. The minimum atomic E-state index is -3.68. The lowest BCUT2D eigenvalue weighted by Gasteiger charge is -2.03. The monoisotopic (exact) mass is 304 g/mol. The van der Waals surface area contributed by atoms with Gasteiger partial charge in [0, 0.05) is 25.6 Å². The Morgan fingerprint density at radius 2 is 2.16 bits per heavy atom. The summed E-state index contributed by atoms with van der Waals surface area (Å²) in [7, 11) is -3.68. The summed E-state index contributed by atoms with van der Waals surface area (Å²) >= 11 is 0.660. The first-order valence-electron chi connectivity index (χ1n) is 5.37. The van der Waals surface area contributed by atoms with Gasteiger partial charge in [0.15, 0.2) is 10.0 Å². The van der Waals surface area contributed by atoms with Crippen LogP contribution in [-0.2, 0) is 16.4 Å². The summed E-state index contributed by atoms with van der Waals surface area (Å²) in [6, 6.07) is 0. The Hall–Kier alpha value is -1.52. The Morgan fingerprint density at radius 1 is 1.42 bits per heavy atom. The number of rotatable bonds is 5. The van der Waals surface area contributed by atoms with Gasteiger partial charge in [-0.2, -0.15) is 4.98 Å². The molecule has 0 radical (unpaired) electrons. The quantitative estimate of drug-likeness (QED) is 0.800. The van der Waals surface area contributed by atoms with Crippen LogP contribution in [0.1, 0.15) is 17.4 Å². The highest BCUT2D eigenvalue weighted by atomic mass is 32.2. The Kier molecular flexibility index (Phi) is 3.83. The van der Waals surface area contributed by atoms with Gasteiger partial charge in [0.2, 0.25) is 5.89 Å². The highest BCUT2D eigenvalue weighted by molar-refractivity contribution is 7.91. The molecule has 2 aromatic rings. The van der Waals surface area contributed by atoms with Crippen LogP contribution in [-0.4, -0.2) is 30.1 Å². The van der Waals surface area contributed by atoms with Gasteiger partial charge in [0.25, 0.3) is 10.0 Å². The molecule has 0 amide bonds. The predicted molar refractivity (Wildman–Crippen MR) is 67.6 cm³/mol. The molecule has 0 bridgehead atoms.